The summed E-state index contributed by atoms with van der Waals surface area (Å²) in [6.07, 6.45) is 5.80. The van der Waals surface area contributed by atoms with E-state index in [2.05, 4.69) is 46.6 Å². The summed E-state index contributed by atoms with van der Waals surface area (Å²) in [5.74, 6) is -0.817. The van der Waals surface area contributed by atoms with Gasteiger partial charge in [0.15, 0.2) is 12.4 Å². The van der Waals surface area contributed by atoms with Crippen molar-refractivity contribution in [1.82, 2.24) is 10.2 Å². The van der Waals surface area contributed by atoms with Crippen LogP contribution in [0.3, 0.4) is 0 Å². The minimum absolute atomic E-state index is 0.0221. The second-order valence-electron chi connectivity index (χ2n) is 12.2. The van der Waals surface area contributed by atoms with Crippen LogP contribution >= 0.6 is 0 Å². The Kier molecular flexibility index (Phi) is 11.8. The second kappa shape index (κ2) is 16.1. The highest BCUT2D eigenvalue weighted by molar-refractivity contribution is 5.82. The molecular formula is C37H46N2O6. The van der Waals surface area contributed by atoms with Gasteiger partial charge in [-0.15, -0.1) is 0 Å². The zero-order valence-electron chi connectivity index (χ0n) is 26.5. The Labute approximate surface area is 266 Å². The summed E-state index contributed by atoms with van der Waals surface area (Å²) >= 11 is 0. The average molecular weight is 615 g/mol. The van der Waals surface area contributed by atoms with Gasteiger partial charge in [0.25, 0.3) is 5.91 Å². The number of aliphatic hydroxyl groups is 1. The first-order valence-corrected chi connectivity index (χ1v) is 16.2. The molecule has 0 radical (unpaired) electrons. The van der Waals surface area contributed by atoms with Crippen LogP contribution in [0.1, 0.15) is 87.0 Å². The Morgan fingerprint density at radius 1 is 0.889 bits per heavy atom. The average Bonchev–Trinajstić information content (AvgIpc) is 3.04. The molecule has 5 rings (SSSR count). The quantitative estimate of drug-likeness (QED) is 0.262. The highest BCUT2D eigenvalue weighted by Crippen LogP contribution is 2.39. The lowest BCUT2D eigenvalue weighted by atomic mass is 9.98. The van der Waals surface area contributed by atoms with Crippen molar-refractivity contribution in [3.8, 4) is 11.1 Å². The van der Waals surface area contributed by atoms with Crippen molar-refractivity contribution in [2.45, 2.75) is 90.1 Å². The van der Waals surface area contributed by atoms with Crippen molar-refractivity contribution < 1.29 is 28.9 Å². The van der Waals surface area contributed by atoms with E-state index in [0.717, 1.165) is 59.4 Å². The number of hydrogen-bond donors (Lipinski definition) is 2. The van der Waals surface area contributed by atoms with E-state index in [9.17, 15) is 14.7 Å². The van der Waals surface area contributed by atoms with Crippen molar-refractivity contribution in [2.75, 3.05) is 19.6 Å². The molecule has 1 amide bonds. The number of nitrogens with zero attached hydrogens (tertiary/aromatic N) is 1. The van der Waals surface area contributed by atoms with Crippen LogP contribution in [0.25, 0.3) is 11.1 Å². The fraction of sp³-hybridized carbons (Fsp3) is 0.459. The zero-order valence-corrected chi connectivity index (χ0v) is 26.5. The Hall–Kier alpha value is -3.56. The molecule has 8 heteroatoms. The third-order valence-electron chi connectivity index (χ3n) is 8.65. The summed E-state index contributed by atoms with van der Waals surface area (Å²) in [5, 5.41) is 12.4. The molecule has 0 spiro atoms. The number of aliphatic hydroxyl groups excluding tert-OH is 1. The largest absolute Gasteiger partial charge is 0.453 e. The molecule has 2 saturated heterocycles. The van der Waals surface area contributed by atoms with E-state index < -0.39 is 18.4 Å². The molecule has 3 aromatic rings. The molecule has 2 aliphatic heterocycles. The number of benzene rings is 3. The molecule has 2 N–H and O–H groups in total. The van der Waals surface area contributed by atoms with Crippen LogP contribution < -0.4 is 5.32 Å². The standard InChI is InChI=1S/C37H46N2O6/c1-26(43-27(2)41)36(42)38-23-29-9-8-10-33(21-29)30-15-17-32(18-16-30)37-44-34(24-39-19-6-4-3-5-7-20-39)22-35(45-37)31-13-11-28(25-40)12-14-31/h8-18,21,26,34-35,37,40H,3-7,19-20,22-25H2,1-2H3,(H,38,42)/t26-,34-,35+,37+/m0/s1. The summed E-state index contributed by atoms with van der Waals surface area (Å²) < 4.78 is 18.2. The van der Waals surface area contributed by atoms with E-state index in [1.807, 2.05) is 36.4 Å². The zero-order chi connectivity index (χ0) is 31.6. The molecule has 0 aromatic heterocycles. The van der Waals surface area contributed by atoms with Gasteiger partial charge in [0.2, 0.25) is 0 Å². The summed E-state index contributed by atoms with van der Waals surface area (Å²) in [7, 11) is 0. The van der Waals surface area contributed by atoms with Gasteiger partial charge in [0.05, 0.1) is 18.8 Å². The maximum atomic E-state index is 12.3. The van der Waals surface area contributed by atoms with Crippen molar-refractivity contribution in [3.63, 3.8) is 0 Å². The molecule has 8 nitrogen and oxygen atoms in total. The van der Waals surface area contributed by atoms with Crippen molar-refractivity contribution in [2.24, 2.45) is 0 Å². The van der Waals surface area contributed by atoms with E-state index in [1.54, 1.807) is 6.92 Å². The number of likely N-dealkylation sites (tertiary alicyclic amines) is 1. The number of carbonyl (C=O) groups is 2. The van der Waals surface area contributed by atoms with Crippen LogP contribution in [-0.4, -0.2) is 53.7 Å². The van der Waals surface area contributed by atoms with E-state index in [1.165, 1.54) is 39.0 Å². The van der Waals surface area contributed by atoms with E-state index in [4.69, 9.17) is 14.2 Å². The molecule has 2 fully saturated rings. The minimum Gasteiger partial charge on any atom is -0.453 e. The third-order valence-corrected chi connectivity index (χ3v) is 8.65. The molecule has 0 aliphatic carbocycles. The Morgan fingerprint density at radius 2 is 1.58 bits per heavy atom. The number of hydrogen-bond acceptors (Lipinski definition) is 7. The number of ether oxygens (including phenoxy) is 3. The summed E-state index contributed by atoms with van der Waals surface area (Å²) in [6, 6.07) is 24.3. The van der Waals surface area contributed by atoms with Gasteiger partial charge >= 0.3 is 5.97 Å². The maximum Gasteiger partial charge on any atom is 0.303 e. The fourth-order valence-corrected chi connectivity index (χ4v) is 6.15. The first-order valence-electron chi connectivity index (χ1n) is 16.2. The number of carbonyl (C=O) groups excluding carboxylic acids is 2. The second-order valence-corrected chi connectivity index (χ2v) is 12.2. The topological polar surface area (TPSA) is 97.3 Å². The molecule has 0 unspecified atom stereocenters. The molecule has 45 heavy (non-hydrogen) atoms. The molecule has 2 aliphatic rings. The molecule has 4 atom stereocenters. The number of esters is 1. The normalized spacial score (nSPS) is 21.7. The summed E-state index contributed by atoms with van der Waals surface area (Å²) in [4.78, 5) is 26.0. The van der Waals surface area contributed by atoms with Crippen LogP contribution in [0.5, 0.6) is 0 Å². The van der Waals surface area contributed by atoms with Gasteiger partial charge in [-0.1, -0.05) is 86.0 Å². The van der Waals surface area contributed by atoms with Crippen LogP contribution in [0.15, 0.2) is 72.8 Å². The SMILES string of the molecule is CC(=O)O[C@@H](C)C(=O)NCc1cccc(-c2ccc([C@@H]3O[C@H](CN4CCCCCCC4)C[C@H](c4ccc(CO)cc4)O3)cc2)c1. The fourth-order valence-electron chi connectivity index (χ4n) is 6.15. The Morgan fingerprint density at radius 3 is 2.27 bits per heavy atom. The van der Waals surface area contributed by atoms with Gasteiger partial charge in [0, 0.05) is 32.0 Å². The first kappa shape index (κ1) is 32.8. The third kappa shape index (κ3) is 9.47. The lowest BCUT2D eigenvalue weighted by Gasteiger charge is -2.38. The minimum atomic E-state index is -0.838. The summed E-state index contributed by atoms with van der Waals surface area (Å²) in [5.41, 5.74) is 5.98. The molecule has 0 saturated carbocycles. The highest BCUT2D eigenvalue weighted by Gasteiger charge is 2.33. The first-order chi connectivity index (χ1) is 21.9. The molecular weight excluding hydrogens is 568 g/mol. The van der Waals surface area contributed by atoms with Gasteiger partial charge in [-0.05, 0) is 66.7 Å². The molecule has 0 bridgehead atoms. The predicted molar refractivity (Wildman–Crippen MR) is 173 cm³/mol. The number of amides is 1. The highest BCUT2D eigenvalue weighted by atomic mass is 16.7. The smallest absolute Gasteiger partial charge is 0.303 e. The Bertz CT molecular complexity index is 1380. The van der Waals surface area contributed by atoms with Crippen LogP contribution in [0, 0.1) is 0 Å². The van der Waals surface area contributed by atoms with Crippen molar-refractivity contribution in [1.29, 1.82) is 0 Å². The lowest BCUT2D eigenvalue weighted by Crippen LogP contribution is -2.40. The molecule has 2 heterocycles. The van der Waals surface area contributed by atoms with Gasteiger partial charge in [0.1, 0.15) is 0 Å². The van der Waals surface area contributed by atoms with Crippen LogP contribution in [0.4, 0.5) is 0 Å². The van der Waals surface area contributed by atoms with Crippen LogP contribution in [-0.2, 0) is 37.0 Å². The Balaban J connectivity index is 1.28. The van der Waals surface area contributed by atoms with E-state index in [-0.39, 0.29) is 24.7 Å². The maximum absolute atomic E-state index is 12.3. The number of nitrogens with one attached hydrogen (secondary N) is 1. The van der Waals surface area contributed by atoms with Gasteiger partial charge in [-0.25, -0.2) is 0 Å². The predicted octanol–water partition coefficient (Wildman–Crippen LogP) is 6.23. The van der Waals surface area contributed by atoms with Crippen LogP contribution in [0.2, 0.25) is 0 Å². The van der Waals surface area contributed by atoms with Gasteiger partial charge < -0.3 is 29.5 Å². The number of rotatable bonds is 10. The molecule has 3 aromatic carbocycles. The molecule has 240 valence electrons. The van der Waals surface area contributed by atoms with E-state index >= 15 is 0 Å². The van der Waals surface area contributed by atoms with Crippen molar-refractivity contribution >= 4 is 11.9 Å². The lowest BCUT2D eigenvalue weighted by molar-refractivity contribution is -0.253. The van der Waals surface area contributed by atoms with Gasteiger partial charge in [-0.3, -0.25) is 9.59 Å². The van der Waals surface area contributed by atoms with Gasteiger partial charge in [-0.2, -0.15) is 0 Å². The van der Waals surface area contributed by atoms with E-state index in [0.29, 0.717) is 6.54 Å². The van der Waals surface area contributed by atoms with Crippen molar-refractivity contribution in [3.05, 3.63) is 95.1 Å². The monoisotopic (exact) mass is 614 g/mol. The summed E-state index contributed by atoms with van der Waals surface area (Å²) in [6.45, 7) is 6.33.